The zero-order valence-electron chi connectivity index (χ0n) is 22.6. The summed E-state index contributed by atoms with van der Waals surface area (Å²) in [5.74, 6) is -0.388. The van der Waals surface area contributed by atoms with E-state index in [0.717, 1.165) is 12.8 Å². The molecule has 2 N–H and O–H groups in total. The summed E-state index contributed by atoms with van der Waals surface area (Å²) < 4.78 is 25.7. The number of alkyl carbamates (subject to hydrolysis) is 1. The van der Waals surface area contributed by atoms with Crippen LogP contribution in [-0.4, -0.2) is 75.2 Å². The molecule has 2 fully saturated rings. The summed E-state index contributed by atoms with van der Waals surface area (Å²) >= 11 is 0. The van der Waals surface area contributed by atoms with Crippen LogP contribution in [-0.2, 0) is 30.2 Å². The fraction of sp³-hybridized carbons (Fsp3) is 0.464. The van der Waals surface area contributed by atoms with Gasteiger partial charge in [0.25, 0.3) is 0 Å². The number of anilines is 1. The molecule has 4 atom stereocenters. The summed E-state index contributed by atoms with van der Waals surface area (Å²) in [5, 5.41) is 5.83. The molecule has 2 aliphatic heterocycles. The van der Waals surface area contributed by atoms with Crippen molar-refractivity contribution in [2.75, 3.05) is 25.0 Å². The predicted octanol–water partition coefficient (Wildman–Crippen LogP) is 3.00. The first kappa shape index (κ1) is 26.4. The van der Waals surface area contributed by atoms with Gasteiger partial charge < -0.3 is 29.6 Å². The molecule has 6 rings (SSSR count). The summed E-state index contributed by atoms with van der Waals surface area (Å²) in [5.41, 5.74) is 5.20. The van der Waals surface area contributed by atoms with Crippen molar-refractivity contribution in [3.8, 4) is 0 Å². The van der Waals surface area contributed by atoms with Gasteiger partial charge in [0.05, 0.1) is 12.9 Å². The highest BCUT2D eigenvalue weighted by molar-refractivity contribution is 5.83. The maximum absolute atomic E-state index is 12.0. The lowest BCUT2D eigenvalue weighted by atomic mass is 10.0. The van der Waals surface area contributed by atoms with Gasteiger partial charge >= 0.3 is 6.09 Å². The van der Waals surface area contributed by atoms with Crippen molar-refractivity contribution in [3.05, 3.63) is 54.1 Å². The number of hydrogen-bond acceptors (Lipinski definition) is 10. The van der Waals surface area contributed by atoms with Crippen molar-refractivity contribution in [1.82, 2.24) is 24.8 Å². The maximum atomic E-state index is 12.0. The number of ketones is 1. The van der Waals surface area contributed by atoms with E-state index in [4.69, 9.17) is 18.9 Å². The van der Waals surface area contributed by atoms with Gasteiger partial charge in [-0.15, -0.1) is 0 Å². The van der Waals surface area contributed by atoms with E-state index in [2.05, 4.69) is 55.9 Å². The van der Waals surface area contributed by atoms with Gasteiger partial charge in [-0.05, 0) is 50.3 Å². The summed E-state index contributed by atoms with van der Waals surface area (Å²) in [7, 11) is 0. The van der Waals surface area contributed by atoms with Crippen LogP contribution >= 0.6 is 0 Å². The third-order valence-corrected chi connectivity index (χ3v) is 7.24. The molecule has 12 heteroatoms. The molecule has 1 aliphatic carbocycles. The lowest BCUT2D eigenvalue weighted by Gasteiger charge is -2.24. The number of amides is 1. The lowest BCUT2D eigenvalue weighted by molar-refractivity contribution is -0.199. The number of imidazole rings is 1. The molecule has 3 aromatic rings. The van der Waals surface area contributed by atoms with Gasteiger partial charge in [0, 0.05) is 6.54 Å². The molecule has 4 heterocycles. The number of aromatic nitrogens is 4. The molecule has 1 unspecified atom stereocenters. The number of Topliss-reactive ketones (excluding diaryl/α,β-unsaturated/α-hetero) is 1. The second-order valence-corrected chi connectivity index (χ2v) is 10.6. The van der Waals surface area contributed by atoms with Gasteiger partial charge in [0.2, 0.25) is 0 Å². The Kier molecular flexibility index (Phi) is 6.99. The van der Waals surface area contributed by atoms with E-state index in [1.165, 1.54) is 30.0 Å². The molecule has 1 amide bonds. The Hall–Kier alpha value is -3.87. The van der Waals surface area contributed by atoms with Crippen LogP contribution < -0.4 is 10.6 Å². The zero-order valence-corrected chi connectivity index (χ0v) is 22.6. The Morgan fingerprint density at radius 1 is 1.15 bits per heavy atom. The highest BCUT2D eigenvalue weighted by atomic mass is 16.8. The van der Waals surface area contributed by atoms with Crippen molar-refractivity contribution in [2.45, 2.75) is 63.9 Å². The Labute approximate surface area is 231 Å². The summed E-state index contributed by atoms with van der Waals surface area (Å²) in [6, 6.07) is 8.48. The van der Waals surface area contributed by atoms with E-state index in [1.807, 2.05) is 13.8 Å². The van der Waals surface area contributed by atoms with E-state index in [-0.39, 0.29) is 18.9 Å². The second kappa shape index (κ2) is 10.6. The molecule has 0 spiro atoms. The topological polar surface area (TPSA) is 139 Å². The molecule has 2 aromatic heterocycles. The van der Waals surface area contributed by atoms with Crippen LogP contribution in [0.3, 0.4) is 0 Å². The number of nitrogens with zero attached hydrogens (tertiary/aromatic N) is 4. The van der Waals surface area contributed by atoms with Crippen molar-refractivity contribution in [3.63, 3.8) is 0 Å². The first-order chi connectivity index (χ1) is 19.3. The molecule has 1 aromatic carbocycles. The monoisotopic (exact) mass is 548 g/mol. The first-order valence-electron chi connectivity index (χ1n) is 13.4. The first-order valence-corrected chi connectivity index (χ1v) is 13.4. The van der Waals surface area contributed by atoms with E-state index in [0.29, 0.717) is 23.5 Å². The SMILES string of the molecule is CC(=O)CNC(=O)OC[C@H]1O[C@@H](n2cnc3c(NCCC4=CCc5ccccc54)ncnc32)C2OC(C)(C)O[C@H]21. The van der Waals surface area contributed by atoms with E-state index in [9.17, 15) is 9.59 Å². The quantitative estimate of drug-likeness (QED) is 0.410. The average molecular weight is 549 g/mol. The van der Waals surface area contributed by atoms with E-state index in [1.54, 1.807) is 10.9 Å². The van der Waals surface area contributed by atoms with Crippen LogP contribution in [0.25, 0.3) is 16.7 Å². The standard InChI is InChI=1S/C28H32N6O6/c1-16(35)12-30-27(36)37-13-20-22-23(40-28(2,3)39-22)26(38-20)34-15-33-21-24(31-14-32-25(21)34)29-11-10-18-9-8-17-6-4-5-7-19(17)18/h4-7,9,14-15,20,22-23,26H,8,10-13H2,1-3H3,(H,30,36)(H,29,31,32)/t20-,22+,23?,26-/m1/s1. The highest BCUT2D eigenvalue weighted by Gasteiger charge is 2.56. The number of ether oxygens (including phenoxy) is 4. The fourth-order valence-electron chi connectivity index (χ4n) is 5.50. The molecule has 12 nitrogen and oxygen atoms in total. The average Bonchev–Trinajstić information content (AvgIpc) is 3.68. The number of allylic oxidation sites excluding steroid dienone is 1. The fourth-order valence-corrected chi connectivity index (χ4v) is 5.50. The predicted molar refractivity (Wildman–Crippen MR) is 144 cm³/mol. The van der Waals surface area contributed by atoms with Crippen LogP contribution in [0.4, 0.5) is 10.6 Å². The minimum atomic E-state index is -0.849. The van der Waals surface area contributed by atoms with Gasteiger partial charge in [0.15, 0.2) is 29.0 Å². The minimum Gasteiger partial charge on any atom is -0.447 e. The number of carbonyl (C=O) groups excluding carboxylic acids is 2. The Morgan fingerprint density at radius 2 is 1.98 bits per heavy atom. The van der Waals surface area contributed by atoms with Gasteiger partial charge in [-0.2, -0.15) is 0 Å². The minimum absolute atomic E-state index is 0.0752. The highest BCUT2D eigenvalue weighted by Crippen LogP contribution is 2.44. The Morgan fingerprint density at radius 3 is 2.83 bits per heavy atom. The largest absolute Gasteiger partial charge is 0.447 e. The van der Waals surface area contributed by atoms with Crippen LogP contribution in [0.2, 0.25) is 0 Å². The molecule has 0 saturated carbocycles. The number of fused-ring (bicyclic) bond motifs is 3. The number of benzene rings is 1. The van der Waals surface area contributed by atoms with Gasteiger partial charge in [-0.1, -0.05) is 30.3 Å². The molecular formula is C28H32N6O6. The van der Waals surface area contributed by atoms with Crippen LogP contribution in [0.5, 0.6) is 0 Å². The van der Waals surface area contributed by atoms with E-state index >= 15 is 0 Å². The second-order valence-electron chi connectivity index (χ2n) is 10.6. The molecule has 2 saturated heterocycles. The Balaban J connectivity index is 1.16. The number of rotatable bonds is 9. The lowest BCUT2D eigenvalue weighted by Crippen LogP contribution is -2.36. The zero-order chi connectivity index (χ0) is 27.9. The van der Waals surface area contributed by atoms with Crippen molar-refractivity contribution < 1.29 is 28.5 Å². The van der Waals surface area contributed by atoms with Crippen molar-refractivity contribution in [2.24, 2.45) is 0 Å². The molecule has 0 bridgehead atoms. The van der Waals surface area contributed by atoms with Gasteiger partial charge in [0.1, 0.15) is 37.0 Å². The number of hydrogen-bond donors (Lipinski definition) is 2. The molecular weight excluding hydrogens is 516 g/mol. The Bertz CT molecular complexity index is 1470. The number of nitrogens with one attached hydrogen (secondary N) is 2. The van der Waals surface area contributed by atoms with Crippen molar-refractivity contribution in [1.29, 1.82) is 0 Å². The molecule has 0 radical (unpaired) electrons. The third kappa shape index (κ3) is 5.17. The van der Waals surface area contributed by atoms with Crippen molar-refractivity contribution >= 4 is 34.4 Å². The van der Waals surface area contributed by atoms with Crippen LogP contribution in [0.15, 0.2) is 43.0 Å². The van der Waals surface area contributed by atoms with Gasteiger partial charge in [-0.3, -0.25) is 9.36 Å². The summed E-state index contributed by atoms with van der Waals surface area (Å²) in [6.45, 7) is 5.55. The van der Waals surface area contributed by atoms with Crippen LogP contribution in [0, 0.1) is 0 Å². The maximum Gasteiger partial charge on any atom is 0.407 e. The summed E-state index contributed by atoms with van der Waals surface area (Å²) in [6.07, 6.45) is 4.37. The van der Waals surface area contributed by atoms with Gasteiger partial charge in [-0.25, -0.2) is 19.7 Å². The molecule has 3 aliphatic rings. The molecule has 40 heavy (non-hydrogen) atoms. The molecule has 210 valence electrons. The van der Waals surface area contributed by atoms with Crippen LogP contribution in [0.1, 0.15) is 44.5 Å². The normalized spacial score (nSPS) is 24.4. The van der Waals surface area contributed by atoms with E-state index < -0.39 is 36.4 Å². The number of carbonyl (C=O) groups is 2. The summed E-state index contributed by atoms with van der Waals surface area (Å²) in [4.78, 5) is 36.7. The third-order valence-electron chi connectivity index (χ3n) is 7.24. The smallest absolute Gasteiger partial charge is 0.407 e.